The van der Waals surface area contributed by atoms with Crippen LogP contribution in [0.1, 0.15) is 23.2 Å². The molecule has 1 amide bonds. The number of likely N-dealkylation sites (tertiary alicyclic amines) is 1. The van der Waals surface area contributed by atoms with Crippen molar-refractivity contribution in [1.29, 1.82) is 0 Å². The topological polar surface area (TPSA) is 80.2 Å². The Labute approximate surface area is 144 Å². The number of rotatable bonds is 3. The maximum Gasteiger partial charge on any atom is 0.255 e. The van der Waals surface area contributed by atoms with Crippen LogP contribution in [-0.2, 0) is 4.74 Å². The Hall–Kier alpha value is -2.61. The molecule has 0 aromatic carbocycles. The Kier molecular flexibility index (Phi) is 4.04. The fraction of sp³-hybridized carbons (Fsp3) is 0.412. The Morgan fingerprint density at radius 3 is 2.96 bits per heavy atom. The summed E-state index contributed by atoms with van der Waals surface area (Å²) >= 11 is 0. The highest BCUT2D eigenvalue weighted by molar-refractivity contribution is 5.94. The molecule has 0 radical (unpaired) electrons. The number of nitrogens with one attached hydrogen (secondary N) is 1. The van der Waals surface area contributed by atoms with E-state index in [1.165, 1.54) is 0 Å². The molecule has 8 heteroatoms. The summed E-state index contributed by atoms with van der Waals surface area (Å²) in [7, 11) is 0. The molecular weight excluding hydrogens is 325 g/mol. The molecule has 2 aliphatic heterocycles. The van der Waals surface area contributed by atoms with E-state index in [1.54, 1.807) is 24.5 Å². The van der Waals surface area contributed by atoms with Crippen molar-refractivity contribution >= 4 is 11.9 Å². The highest BCUT2D eigenvalue weighted by Crippen LogP contribution is 2.36. The van der Waals surface area contributed by atoms with Crippen LogP contribution >= 0.6 is 0 Å². The van der Waals surface area contributed by atoms with Crippen LogP contribution in [0.2, 0.25) is 0 Å². The van der Waals surface area contributed by atoms with Gasteiger partial charge < -0.3 is 15.0 Å². The van der Waals surface area contributed by atoms with E-state index in [0.29, 0.717) is 31.2 Å². The second-order valence-electron chi connectivity index (χ2n) is 6.48. The summed E-state index contributed by atoms with van der Waals surface area (Å²) in [4.78, 5) is 26.2. The molecule has 0 bridgehead atoms. The standard InChI is InChI=1S/C17H18FN5O2/c18-13-8-20-16(21-9-13)22-14-6-17(25-10-14)3-5-23(11-17)15(24)12-2-1-4-19-7-12/h1-2,4,7-9,14H,3,5-6,10-11H2,(H,20,21,22)/t14-,17-/m1/s1. The van der Waals surface area contributed by atoms with Gasteiger partial charge in [-0.1, -0.05) is 0 Å². The molecule has 7 nitrogen and oxygen atoms in total. The van der Waals surface area contributed by atoms with Crippen molar-refractivity contribution in [2.45, 2.75) is 24.5 Å². The van der Waals surface area contributed by atoms with Gasteiger partial charge in [-0.25, -0.2) is 14.4 Å². The summed E-state index contributed by atoms with van der Waals surface area (Å²) in [6, 6.07) is 3.57. The fourth-order valence-corrected chi connectivity index (χ4v) is 3.48. The zero-order chi connectivity index (χ0) is 17.3. The average molecular weight is 343 g/mol. The van der Waals surface area contributed by atoms with E-state index < -0.39 is 5.82 Å². The van der Waals surface area contributed by atoms with Crippen LogP contribution in [0.25, 0.3) is 0 Å². The first-order chi connectivity index (χ1) is 12.1. The minimum absolute atomic E-state index is 0.0214. The predicted octanol–water partition coefficient (Wildman–Crippen LogP) is 1.50. The molecule has 2 aliphatic rings. The number of ether oxygens (including phenoxy) is 1. The number of amides is 1. The van der Waals surface area contributed by atoms with Gasteiger partial charge in [0.15, 0.2) is 5.82 Å². The maximum atomic E-state index is 12.9. The van der Waals surface area contributed by atoms with Gasteiger partial charge in [-0.05, 0) is 18.6 Å². The third-order valence-corrected chi connectivity index (χ3v) is 4.67. The first kappa shape index (κ1) is 15.9. The number of anilines is 1. The zero-order valence-electron chi connectivity index (χ0n) is 13.6. The van der Waals surface area contributed by atoms with Crippen LogP contribution in [-0.4, -0.2) is 57.1 Å². The van der Waals surface area contributed by atoms with E-state index in [9.17, 15) is 9.18 Å². The summed E-state index contributed by atoms with van der Waals surface area (Å²) in [5, 5.41) is 3.17. The van der Waals surface area contributed by atoms with Gasteiger partial charge >= 0.3 is 0 Å². The van der Waals surface area contributed by atoms with E-state index in [-0.39, 0.29) is 17.6 Å². The van der Waals surface area contributed by atoms with Crippen LogP contribution in [0, 0.1) is 5.82 Å². The predicted molar refractivity (Wildman–Crippen MR) is 87.5 cm³/mol. The third kappa shape index (κ3) is 3.30. The number of halogens is 1. The third-order valence-electron chi connectivity index (χ3n) is 4.67. The SMILES string of the molecule is O=C(c1cccnc1)N1CC[C@@]2(C[C@@H](Nc3ncc(F)cn3)CO2)C1. The summed E-state index contributed by atoms with van der Waals surface area (Å²) in [6.07, 6.45) is 7.04. The molecule has 130 valence electrons. The first-order valence-electron chi connectivity index (χ1n) is 8.21. The van der Waals surface area contributed by atoms with E-state index in [1.807, 2.05) is 4.90 Å². The van der Waals surface area contributed by atoms with Crippen molar-refractivity contribution in [2.24, 2.45) is 0 Å². The van der Waals surface area contributed by atoms with Crippen molar-refractivity contribution in [1.82, 2.24) is 19.9 Å². The highest BCUT2D eigenvalue weighted by Gasteiger charge is 2.47. The number of carbonyl (C=O) groups excluding carboxylic acids is 1. The summed E-state index contributed by atoms with van der Waals surface area (Å²) in [5.41, 5.74) is 0.252. The van der Waals surface area contributed by atoms with Crippen LogP contribution in [0.5, 0.6) is 0 Å². The van der Waals surface area contributed by atoms with Crippen LogP contribution in [0.3, 0.4) is 0 Å². The minimum Gasteiger partial charge on any atom is -0.371 e. The molecule has 2 atom stereocenters. The van der Waals surface area contributed by atoms with Gasteiger partial charge in [0.05, 0.1) is 42.8 Å². The lowest BCUT2D eigenvalue weighted by atomic mass is 9.97. The molecule has 1 N–H and O–H groups in total. The van der Waals surface area contributed by atoms with Gasteiger partial charge in [-0.2, -0.15) is 0 Å². The highest BCUT2D eigenvalue weighted by atomic mass is 19.1. The molecule has 2 aromatic rings. The van der Waals surface area contributed by atoms with E-state index in [2.05, 4.69) is 20.3 Å². The molecule has 4 heterocycles. The number of hydrogen-bond donors (Lipinski definition) is 1. The van der Waals surface area contributed by atoms with Crippen molar-refractivity contribution in [3.8, 4) is 0 Å². The van der Waals surface area contributed by atoms with Gasteiger partial charge in [0.25, 0.3) is 5.91 Å². The molecule has 2 fully saturated rings. The van der Waals surface area contributed by atoms with Gasteiger partial charge in [-0.15, -0.1) is 0 Å². The molecule has 2 aromatic heterocycles. The molecule has 1 spiro atoms. The zero-order valence-corrected chi connectivity index (χ0v) is 13.6. The van der Waals surface area contributed by atoms with Crippen molar-refractivity contribution in [2.75, 3.05) is 25.0 Å². The van der Waals surface area contributed by atoms with Crippen molar-refractivity contribution < 1.29 is 13.9 Å². The van der Waals surface area contributed by atoms with Crippen molar-refractivity contribution in [3.63, 3.8) is 0 Å². The van der Waals surface area contributed by atoms with Crippen LogP contribution in [0.4, 0.5) is 10.3 Å². The summed E-state index contributed by atoms with van der Waals surface area (Å²) in [5.74, 6) is -0.106. The molecule has 2 saturated heterocycles. The molecule has 0 unspecified atom stereocenters. The van der Waals surface area contributed by atoms with Crippen LogP contribution in [0.15, 0.2) is 36.9 Å². The minimum atomic E-state index is -0.468. The smallest absolute Gasteiger partial charge is 0.255 e. The Morgan fingerprint density at radius 2 is 2.20 bits per heavy atom. The Morgan fingerprint density at radius 1 is 1.36 bits per heavy atom. The lowest BCUT2D eigenvalue weighted by Crippen LogP contribution is -2.36. The maximum absolute atomic E-state index is 12.9. The van der Waals surface area contributed by atoms with Crippen molar-refractivity contribution in [3.05, 3.63) is 48.3 Å². The summed E-state index contributed by atoms with van der Waals surface area (Å²) in [6.45, 7) is 1.73. The summed E-state index contributed by atoms with van der Waals surface area (Å²) < 4.78 is 18.9. The molecule has 0 saturated carbocycles. The number of nitrogens with zero attached hydrogens (tertiary/aromatic N) is 4. The Balaban J connectivity index is 1.38. The van der Waals surface area contributed by atoms with E-state index in [4.69, 9.17) is 4.74 Å². The number of aromatic nitrogens is 3. The lowest BCUT2D eigenvalue weighted by Gasteiger charge is -2.23. The van der Waals surface area contributed by atoms with Gasteiger partial charge in [-0.3, -0.25) is 9.78 Å². The normalized spacial score (nSPS) is 25.5. The van der Waals surface area contributed by atoms with E-state index >= 15 is 0 Å². The number of carbonyl (C=O) groups is 1. The van der Waals surface area contributed by atoms with Crippen LogP contribution < -0.4 is 5.32 Å². The Bertz CT molecular complexity index is 757. The quantitative estimate of drug-likeness (QED) is 0.910. The molecule has 0 aliphatic carbocycles. The number of hydrogen-bond acceptors (Lipinski definition) is 6. The first-order valence-corrected chi connectivity index (χ1v) is 8.21. The van der Waals surface area contributed by atoms with Gasteiger partial charge in [0.2, 0.25) is 5.95 Å². The average Bonchev–Trinajstić information content (AvgIpc) is 3.24. The molecule has 25 heavy (non-hydrogen) atoms. The second kappa shape index (κ2) is 6.36. The fourth-order valence-electron chi connectivity index (χ4n) is 3.48. The second-order valence-corrected chi connectivity index (χ2v) is 6.48. The number of pyridine rings is 1. The monoisotopic (exact) mass is 343 g/mol. The largest absolute Gasteiger partial charge is 0.371 e. The van der Waals surface area contributed by atoms with E-state index in [0.717, 1.165) is 25.2 Å². The molecule has 4 rings (SSSR count). The van der Waals surface area contributed by atoms with Gasteiger partial charge in [0, 0.05) is 25.4 Å². The lowest BCUT2D eigenvalue weighted by molar-refractivity contribution is 0.0125. The van der Waals surface area contributed by atoms with Gasteiger partial charge in [0.1, 0.15) is 0 Å². The molecular formula is C17H18FN5O2.